The van der Waals surface area contributed by atoms with Crippen molar-refractivity contribution in [3.05, 3.63) is 293 Å². The molecule has 0 spiro atoms. The van der Waals surface area contributed by atoms with Crippen molar-refractivity contribution < 1.29 is 71.9 Å². The highest BCUT2D eigenvalue weighted by Gasteiger charge is 2.39. The summed E-state index contributed by atoms with van der Waals surface area (Å²) in [5.74, 6) is -12.2. The predicted octanol–water partition coefficient (Wildman–Crippen LogP) is 14.5. The summed E-state index contributed by atoms with van der Waals surface area (Å²) in [7, 11) is 0. The Kier molecular flexibility index (Phi) is 6.29. The first-order chi connectivity index (χ1) is 66.7. The average molecular weight is 1310 g/mol. The summed E-state index contributed by atoms with van der Waals surface area (Å²) < 4.78 is 443. The maximum atomic E-state index is 15.3. The summed E-state index contributed by atoms with van der Waals surface area (Å²) in [6.07, 6.45) is -3.75. The predicted molar refractivity (Wildman–Crippen MR) is 400 cm³/mol. The van der Waals surface area contributed by atoms with Gasteiger partial charge in [-0.1, -0.05) is 226 Å². The fourth-order valence-electron chi connectivity index (χ4n) is 12.8. The molecule has 16 aromatic rings. The van der Waals surface area contributed by atoms with E-state index in [1.807, 2.05) is 0 Å². The molecule has 2 aliphatic heterocycles. The minimum absolute atomic E-state index is 0.218. The van der Waals surface area contributed by atoms with Crippen molar-refractivity contribution >= 4 is 134 Å². The molecule has 0 fully saturated rings. The summed E-state index contributed by atoms with van der Waals surface area (Å²) in [4.78, 5) is 66.0. The largest absolute Gasteiger partial charge is 0.458 e. The molecule has 2 unspecified atom stereocenters. The van der Waals surface area contributed by atoms with Gasteiger partial charge in [-0.25, -0.2) is 0 Å². The monoisotopic (exact) mass is 1310 g/mol. The second-order valence-electron chi connectivity index (χ2n) is 22.2. The molecule has 18 rings (SSSR count). The third kappa shape index (κ3) is 9.02. The van der Waals surface area contributed by atoms with Crippen molar-refractivity contribution in [1.82, 2.24) is 18.8 Å². The Bertz CT molecular complexity index is 8830. The molecule has 96 heavy (non-hydrogen) atoms. The number of benzene rings is 10. The number of aryl methyl sites for hydroxylation is 1. The van der Waals surface area contributed by atoms with Crippen molar-refractivity contribution in [2.24, 2.45) is 0 Å². The first kappa shape index (κ1) is 26.7. The molecule has 2 aliphatic rings. The first-order valence-corrected chi connectivity index (χ1v) is 29.5. The zero-order valence-corrected chi connectivity index (χ0v) is 50.0. The molecular formula is C84H62B2N4O5S. The topological polar surface area (TPSA) is 112 Å². The number of rotatable bonds is 7. The highest BCUT2D eigenvalue weighted by molar-refractivity contribution is 8.00. The van der Waals surface area contributed by atoms with Crippen molar-refractivity contribution in [3.8, 4) is 33.8 Å². The van der Waals surface area contributed by atoms with Crippen LogP contribution in [0.25, 0.3) is 98.4 Å². The number of hydrogen-bond donors (Lipinski definition) is 0. The molecule has 2 atom stereocenters. The van der Waals surface area contributed by atoms with Gasteiger partial charge in [0.2, 0.25) is 6.71 Å². The number of para-hydroxylation sites is 3. The van der Waals surface area contributed by atoms with Crippen LogP contribution in [-0.4, -0.2) is 32.2 Å². The molecule has 0 N–H and O–H groups in total. The van der Waals surface area contributed by atoms with Gasteiger partial charge in [0.1, 0.15) is 11.5 Å². The van der Waals surface area contributed by atoms with Crippen LogP contribution < -0.4 is 59.2 Å². The Morgan fingerprint density at radius 1 is 0.438 bits per heavy atom. The van der Waals surface area contributed by atoms with Crippen LogP contribution in [-0.2, 0) is 0 Å². The summed E-state index contributed by atoms with van der Waals surface area (Å²) in [6, 6.07) is -22.8. The van der Waals surface area contributed by atoms with Gasteiger partial charge in [-0.15, -0.1) is 0 Å². The van der Waals surface area contributed by atoms with E-state index >= 15 is 9.59 Å². The van der Waals surface area contributed by atoms with Gasteiger partial charge in [-0.3, -0.25) is 29.1 Å². The molecule has 0 saturated carbocycles. The van der Waals surface area contributed by atoms with Crippen LogP contribution >= 0.6 is 11.8 Å². The molecule has 9 nitrogen and oxygen atoms in total. The Balaban J connectivity index is 0.000000199. The van der Waals surface area contributed by atoms with E-state index in [1.165, 1.54) is 19.1 Å². The highest BCUT2D eigenvalue weighted by atomic mass is 32.2. The number of nitrogens with zero attached hydrogens (tertiary/aromatic N) is 4. The Morgan fingerprint density at radius 2 is 0.896 bits per heavy atom. The van der Waals surface area contributed by atoms with Gasteiger partial charge in [0.25, 0.3) is 6.71 Å². The van der Waals surface area contributed by atoms with E-state index in [0.717, 1.165) is 8.80 Å². The maximum absolute atomic E-state index is 15.3. The molecule has 6 aromatic heterocycles. The van der Waals surface area contributed by atoms with E-state index in [2.05, 4.69) is 9.97 Å². The zero-order chi connectivity index (χ0) is 108. The Morgan fingerprint density at radius 3 is 1.45 bits per heavy atom. The molecule has 0 bridgehead atoms. The van der Waals surface area contributed by atoms with Crippen molar-refractivity contribution in [3.63, 3.8) is 0 Å². The second-order valence-corrected chi connectivity index (χ2v) is 23.2. The third-order valence-corrected chi connectivity index (χ3v) is 17.8. The summed E-state index contributed by atoms with van der Waals surface area (Å²) in [5, 5.41) is -6.28. The average Bonchev–Trinajstić information content (AvgIpc) is 0.673. The maximum Gasteiger partial charge on any atom is 0.251 e. The normalized spacial score (nSPS) is 21.9. The molecule has 8 heterocycles. The standard InChI is InChI=1S/C44H27BN2O2S.C40H35BN2O3/c1-26-20-30(27-12-4-2-5-13-27)41(31(21-26)28-14-6-3-7-15-28)45-35-17-9-11-19-39(35)50-40-23-38-32(22-36(40)45)44(49)34-25-46-24-33-42(34)47(38)37-18-10-8-16-29(37)43(33)48;1-21(2)24-15-26(22(3)4)37(27(16-24)23(5)6)41-31-12-8-10-14-35(31)46-36-18-34-28(17-32(36)41)40(45)30-20-42-19-29-38(30)43(34)33-13-9-7-11-25(33)39(29)44/h2-25H,1H3;7-23H,1-6H3/i2D,3D,4D,5D,6D,7D,8D,9D,10D,11D,12D,13D,14D,15D,16D,17D,18D,19D,22D,23D,24D,25D;1D3,2D3,3D3,5D3,7D,8D,9D,10D,11D,12D,13D,14D,17D,18D,19D,20D,21D,22D,23D. The van der Waals surface area contributed by atoms with Gasteiger partial charge in [0.15, 0.2) is 21.7 Å². The van der Waals surface area contributed by atoms with E-state index in [9.17, 15) is 27.4 Å². The van der Waals surface area contributed by atoms with E-state index < -0.39 is 424 Å². The molecule has 0 aliphatic carbocycles. The molecule has 0 amide bonds. The fourth-order valence-corrected chi connectivity index (χ4v) is 13.8. The van der Waals surface area contributed by atoms with E-state index in [1.54, 1.807) is 0 Å². The second kappa shape index (κ2) is 22.6. The number of hydrogen-bond acceptors (Lipinski definition) is 8. The van der Waals surface area contributed by atoms with Crippen molar-refractivity contribution in [2.75, 3.05) is 0 Å². The number of ether oxygens (including phenoxy) is 1. The molecule has 0 saturated heterocycles. The number of pyridine rings is 6. The van der Waals surface area contributed by atoms with Crippen LogP contribution in [0.1, 0.15) is 148 Å². The summed E-state index contributed by atoms with van der Waals surface area (Å²) in [6.45, 7) is -16.5. The van der Waals surface area contributed by atoms with Crippen LogP contribution in [0.5, 0.6) is 11.5 Å². The van der Waals surface area contributed by atoms with Crippen molar-refractivity contribution in [1.29, 1.82) is 0 Å². The minimum Gasteiger partial charge on any atom is -0.458 e. The smallest absolute Gasteiger partial charge is 0.251 e. The lowest BCUT2D eigenvalue weighted by Crippen LogP contribution is -2.57. The molecule has 12 heteroatoms. The SMILES string of the molecule is [2H]c1c([2H])c([2H])c(-c2cc(C)cc(-c3c([2H])c([2H])c([2H])c([2H])c3[2H])c2B2c3c([2H])c([2H])c([2H])c([2H])c3Sc3c2c([2H])c2c(=O)c4c([2H])nc([2H])c5c(=O)c6c([2H])c([2H])c([2H])c([2H])c6n(c2c3[2H])c54)c([2H])c1[2H].[2H]c1c([2H])c([2H])c2c(c1[2H])Oc1c(c([2H])c3c(=O)c4c([2H])nc([2H])c5c(=O)c6c([2H])c([2H])c([2H])c([2H])c6n(c3c1[2H])c54)B2c1c(C([2H])(C)C([2H])([2H])[2H])cc(C([2H])(C([2H])([2H])[2H])C([2H])([2H])[2H])cc1C([2H])(C)C([2H])([2H])[2H]. The lowest BCUT2D eigenvalue weighted by atomic mass is 9.33. The summed E-state index contributed by atoms with van der Waals surface area (Å²) >= 11 is 0.531. The van der Waals surface area contributed by atoms with Gasteiger partial charge in [0, 0.05) is 82.6 Å². The van der Waals surface area contributed by atoms with Crippen LogP contribution in [0.3, 0.4) is 0 Å². The Hall–Kier alpha value is -10.9. The van der Waals surface area contributed by atoms with Gasteiger partial charge in [-0.2, -0.15) is 0 Å². The third-order valence-electron chi connectivity index (χ3n) is 16.7. The molecule has 10 aromatic carbocycles. The van der Waals surface area contributed by atoms with Gasteiger partial charge < -0.3 is 13.5 Å². The first-order valence-electron chi connectivity index (χ1n) is 53.2. The molecular weight excluding hydrogens is 1200 g/mol. The van der Waals surface area contributed by atoms with E-state index in [-0.39, 0.29) is 37.4 Å². The quantitative estimate of drug-likeness (QED) is 0.0881. The summed E-state index contributed by atoms with van der Waals surface area (Å²) in [5.41, 5.74) is -17.6. The fraction of sp³-hybridized carbons (Fsp3) is 0.119. The minimum atomic E-state index is -3.88. The van der Waals surface area contributed by atoms with Gasteiger partial charge >= 0.3 is 0 Å². The van der Waals surface area contributed by atoms with Gasteiger partial charge in [-0.05, 0) is 128 Å². The van der Waals surface area contributed by atoms with Gasteiger partial charge in [0.05, 0.1) is 101 Å². The van der Waals surface area contributed by atoms with Crippen LogP contribution in [0, 0.1) is 6.92 Å². The highest BCUT2D eigenvalue weighted by Crippen LogP contribution is 2.38. The Labute approximate surface area is 627 Å². The zero-order valence-electron chi connectivity index (χ0n) is 98.2. The van der Waals surface area contributed by atoms with E-state index in [0.29, 0.717) is 37.7 Å². The molecule has 460 valence electrons. The number of aromatic nitrogens is 4. The van der Waals surface area contributed by atoms with Crippen LogP contribution in [0.15, 0.2) is 259 Å². The molecule has 0 radical (unpaired) electrons. The lowest BCUT2D eigenvalue weighted by Gasteiger charge is -2.32. The van der Waals surface area contributed by atoms with Crippen LogP contribution in [0.2, 0.25) is 0 Å². The number of fused-ring (bicyclic) bond motifs is 12. The van der Waals surface area contributed by atoms with Crippen molar-refractivity contribution in [2.45, 2.75) is 75.7 Å². The van der Waals surface area contributed by atoms with Crippen LogP contribution in [0.4, 0.5) is 0 Å². The lowest BCUT2D eigenvalue weighted by molar-refractivity contribution is 0.488. The van der Waals surface area contributed by atoms with E-state index in [4.69, 9.17) is 54.1 Å².